The van der Waals surface area contributed by atoms with Crippen LogP contribution < -0.4 is 14.8 Å². The molecule has 1 unspecified atom stereocenters. The van der Waals surface area contributed by atoms with E-state index in [1.807, 2.05) is 37.3 Å². The van der Waals surface area contributed by atoms with Gasteiger partial charge in [0.2, 0.25) is 0 Å². The lowest BCUT2D eigenvalue weighted by molar-refractivity contribution is 0.0914. The third-order valence-electron chi connectivity index (χ3n) is 4.08. The quantitative estimate of drug-likeness (QED) is 0.598. The minimum atomic E-state index is -0.293. The summed E-state index contributed by atoms with van der Waals surface area (Å²) in [6.45, 7) is 2.72. The van der Waals surface area contributed by atoms with Crippen molar-refractivity contribution in [3.05, 3.63) is 71.9 Å². The first kappa shape index (κ1) is 20.4. The molecule has 152 valence electrons. The number of nitrogens with one attached hydrogen (secondary N) is 1. The van der Waals surface area contributed by atoms with E-state index < -0.39 is 0 Å². The average molecular weight is 395 g/mol. The van der Waals surface area contributed by atoms with Crippen LogP contribution in [0.5, 0.6) is 11.5 Å². The molecule has 0 fully saturated rings. The van der Waals surface area contributed by atoms with Gasteiger partial charge in [0.1, 0.15) is 24.2 Å². The van der Waals surface area contributed by atoms with Crippen molar-refractivity contribution in [1.29, 1.82) is 0 Å². The number of aromatic nitrogens is 2. The van der Waals surface area contributed by atoms with E-state index in [0.717, 1.165) is 5.56 Å². The maximum Gasteiger partial charge on any atom is 0.257 e. The van der Waals surface area contributed by atoms with Crippen LogP contribution in [-0.2, 0) is 18.4 Å². The number of ether oxygens (including phenoxy) is 3. The van der Waals surface area contributed by atoms with E-state index in [4.69, 9.17) is 14.2 Å². The summed E-state index contributed by atoms with van der Waals surface area (Å²) in [5, 5.41) is 6.95. The molecule has 7 heteroatoms. The first-order valence-corrected chi connectivity index (χ1v) is 9.32. The van der Waals surface area contributed by atoms with Crippen molar-refractivity contribution in [2.75, 3.05) is 19.0 Å². The van der Waals surface area contributed by atoms with Crippen LogP contribution in [0.1, 0.15) is 22.8 Å². The summed E-state index contributed by atoms with van der Waals surface area (Å²) in [4.78, 5) is 12.7. The Morgan fingerprint density at radius 1 is 1.14 bits per heavy atom. The van der Waals surface area contributed by atoms with Crippen molar-refractivity contribution < 1.29 is 19.0 Å². The third-order valence-corrected chi connectivity index (χ3v) is 4.08. The number of aryl methyl sites for hydroxylation is 1. The Balaban J connectivity index is 1.80. The van der Waals surface area contributed by atoms with E-state index in [2.05, 4.69) is 10.4 Å². The molecular formula is C22H25N3O4. The van der Waals surface area contributed by atoms with Crippen molar-refractivity contribution in [1.82, 2.24) is 9.78 Å². The smallest absolute Gasteiger partial charge is 0.257 e. The second kappa shape index (κ2) is 9.75. The van der Waals surface area contributed by atoms with Gasteiger partial charge in [-0.15, -0.1) is 0 Å². The molecular weight excluding hydrogens is 370 g/mol. The number of methoxy groups -OCH3 is 1. The minimum Gasteiger partial charge on any atom is -0.489 e. The number of nitrogens with zero attached hydrogens (tertiary/aromatic N) is 2. The fourth-order valence-electron chi connectivity index (χ4n) is 2.77. The zero-order valence-electron chi connectivity index (χ0n) is 16.8. The van der Waals surface area contributed by atoms with Gasteiger partial charge in [0.05, 0.1) is 6.61 Å². The van der Waals surface area contributed by atoms with Gasteiger partial charge in [-0.05, 0) is 24.6 Å². The number of hydrogen-bond acceptors (Lipinski definition) is 5. The van der Waals surface area contributed by atoms with E-state index in [1.54, 1.807) is 49.3 Å². The Morgan fingerprint density at radius 3 is 2.59 bits per heavy atom. The lowest BCUT2D eigenvalue weighted by Gasteiger charge is -2.16. The number of hydrogen-bond donors (Lipinski definition) is 1. The molecule has 7 nitrogen and oxygen atoms in total. The maximum absolute atomic E-state index is 12.7. The van der Waals surface area contributed by atoms with Gasteiger partial charge < -0.3 is 19.5 Å². The number of anilines is 1. The van der Waals surface area contributed by atoms with Crippen molar-refractivity contribution >= 4 is 11.7 Å². The van der Waals surface area contributed by atoms with Crippen LogP contribution >= 0.6 is 0 Å². The highest BCUT2D eigenvalue weighted by Crippen LogP contribution is 2.25. The van der Waals surface area contributed by atoms with Crippen molar-refractivity contribution in [3.63, 3.8) is 0 Å². The molecule has 29 heavy (non-hydrogen) atoms. The summed E-state index contributed by atoms with van der Waals surface area (Å²) in [6.07, 6.45) is 1.59. The Labute approximate surface area is 170 Å². The molecule has 3 aromatic rings. The van der Waals surface area contributed by atoms with Gasteiger partial charge in [-0.1, -0.05) is 30.3 Å². The molecule has 1 heterocycles. The largest absolute Gasteiger partial charge is 0.489 e. The van der Waals surface area contributed by atoms with E-state index in [0.29, 0.717) is 36.1 Å². The Hall–Kier alpha value is -3.32. The minimum absolute atomic E-state index is 0.170. The molecule has 0 bridgehead atoms. The Kier molecular flexibility index (Phi) is 6.86. The molecule has 0 saturated carbocycles. The summed E-state index contributed by atoms with van der Waals surface area (Å²) in [6, 6.07) is 16.7. The summed E-state index contributed by atoms with van der Waals surface area (Å²) >= 11 is 0. The highest BCUT2D eigenvalue weighted by molar-refractivity contribution is 6.04. The molecule has 1 amide bonds. The molecule has 3 rings (SSSR count). The molecule has 0 spiro atoms. The van der Waals surface area contributed by atoms with Crippen LogP contribution in [0, 0.1) is 0 Å². The Morgan fingerprint density at radius 2 is 1.90 bits per heavy atom. The standard InChI is InChI=1S/C22H25N3O4/c1-16(14-27-3)29-20-12-18(22(26)23-21-9-10-25(2)24-21)11-19(13-20)28-15-17-7-5-4-6-8-17/h4-13,16H,14-15H2,1-3H3,(H,23,24,26). The molecule has 1 aromatic heterocycles. The van der Waals surface area contributed by atoms with Crippen LogP contribution in [0.3, 0.4) is 0 Å². The summed E-state index contributed by atoms with van der Waals surface area (Å²) < 4.78 is 18.5. The topological polar surface area (TPSA) is 74.6 Å². The molecule has 2 aromatic carbocycles. The monoisotopic (exact) mass is 395 g/mol. The Bertz CT molecular complexity index is 940. The normalized spacial score (nSPS) is 11.7. The second-order valence-electron chi connectivity index (χ2n) is 6.68. The predicted octanol–water partition coefficient (Wildman–Crippen LogP) is 3.67. The first-order chi connectivity index (χ1) is 14.0. The van der Waals surface area contributed by atoms with Crippen LogP contribution in [-0.4, -0.2) is 35.5 Å². The third kappa shape index (κ3) is 6.08. The van der Waals surface area contributed by atoms with Gasteiger partial charge in [-0.25, -0.2) is 0 Å². The maximum atomic E-state index is 12.7. The van der Waals surface area contributed by atoms with Gasteiger partial charge in [0.15, 0.2) is 5.82 Å². The zero-order chi connectivity index (χ0) is 20.6. The lowest BCUT2D eigenvalue weighted by atomic mass is 10.1. The van der Waals surface area contributed by atoms with Crippen molar-refractivity contribution in [2.24, 2.45) is 7.05 Å². The van der Waals surface area contributed by atoms with Crippen molar-refractivity contribution in [2.45, 2.75) is 19.6 Å². The molecule has 0 saturated heterocycles. The van der Waals surface area contributed by atoms with Gasteiger partial charge in [0.25, 0.3) is 5.91 Å². The summed E-state index contributed by atoms with van der Waals surface area (Å²) in [5.74, 6) is 1.26. The fraction of sp³-hybridized carbons (Fsp3) is 0.273. The average Bonchev–Trinajstić information content (AvgIpc) is 3.11. The number of amides is 1. The van der Waals surface area contributed by atoms with Gasteiger partial charge >= 0.3 is 0 Å². The zero-order valence-corrected chi connectivity index (χ0v) is 16.8. The molecule has 1 atom stereocenters. The van der Waals surface area contributed by atoms with E-state index in [-0.39, 0.29) is 12.0 Å². The van der Waals surface area contributed by atoms with Crippen LogP contribution in [0.2, 0.25) is 0 Å². The van der Waals surface area contributed by atoms with Gasteiger partial charge in [0, 0.05) is 38.1 Å². The molecule has 0 aliphatic rings. The highest BCUT2D eigenvalue weighted by atomic mass is 16.5. The number of benzene rings is 2. The predicted molar refractivity (Wildman–Crippen MR) is 110 cm³/mol. The molecule has 0 aliphatic carbocycles. The highest BCUT2D eigenvalue weighted by Gasteiger charge is 2.14. The fourth-order valence-corrected chi connectivity index (χ4v) is 2.77. The lowest BCUT2D eigenvalue weighted by Crippen LogP contribution is -2.19. The number of carbonyl (C=O) groups excluding carboxylic acids is 1. The van der Waals surface area contributed by atoms with Crippen LogP contribution in [0.4, 0.5) is 5.82 Å². The van der Waals surface area contributed by atoms with E-state index >= 15 is 0 Å². The molecule has 1 N–H and O–H groups in total. The van der Waals surface area contributed by atoms with Crippen molar-refractivity contribution in [3.8, 4) is 11.5 Å². The second-order valence-corrected chi connectivity index (χ2v) is 6.68. The van der Waals surface area contributed by atoms with E-state index in [1.165, 1.54) is 0 Å². The van der Waals surface area contributed by atoms with E-state index in [9.17, 15) is 4.79 Å². The van der Waals surface area contributed by atoms with Gasteiger partial charge in [-0.2, -0.15) is 5.10 Å². The summed E-state index contributed by atoms with van der Waals surface area (Å²) in [5.41, 5.74) is 1.45. The number of carbonyl (C=O) groups is 1. The SMILES string of the molecule is COCC(C)Oc1cc(OCc2ccccc2)cc(C(=O)Nc2ccn(C)n2)c1. The summed E-state index contributed by atoms with van der Waals surface area (Å²) in [7, 11) is 3.40. The molecule has 0 radical (unpaired) electrons. The van der Waals surface area contributed by atoms with Gasteiger partial charge in [-0.3, -0.25) is 9.48 Å². The first-order valence-electron chi connectivity index (χ1n) is 9.32. The van der Waals surface area contributed by atoms with Crippen LogP contribution in [0.15, 0.2) is 60.8 Å². The molecule has 0 aliphatic heterocycles. The number of rotatable bonds is 9. The van der Waals surface area contributed by atoms with Crippen LogP contribution in [0.25, 0.3) is 0 Å².